The molecule has 2 aromatic carbocycles. The summed E-state index contributed by atoms with van der Waals surface area (Å²) in [7, 11) is 0. The first-order valence-corrected chi connectivity index (χ1v) is 10.7. The molecule has 1 atom stereocenters. The predicted molar refractivity (Wildman–Crippen MR) is 116 cm³/mol. The molecule has 2 aromatic rings. The second-order valence-electron chi connectivity index (χ2n) is 8.36. The lowest BCUT2D eigenvalue weighted by Gasteiger charge is -2.40. The van der Waals surface area contributed by atoms with Gasteiger partial charge in [0.2, 0.25) is 5.91 Å². The molecule has 0 bridgehead atoms. The van der Waals surface area contributed by atoms with E-state index in [4.69, 9.17) is 14.9 Å². The molecule has 0 aliphatic heterocycles. The van der Waals surface area contributed by atoms with Gasteiger partial charge in [0, 0.05) is 12.5 Å². The van der Waals surface area contributed by atoms with Gasteiger partial charge in [0.25, 0.3) is 0 Å². The molecule has 32 heavy (non-hydrogen) atoms. The zero-order chi connectivity index (χ0) is 22.7. The van der Waals surface area contributed by atoms with Gasteiger partial charge in [0.1, 0.15) is 12.6 Å². The van der Waals surface area contributed by atoms with Crippen LogP contribution in [0.5, 0.6) is 0 Å². The zero-order valence-electron chi connectivity index (χ0n) is 17.5. The number of carboxylic acids is 1. The first kappa shape index (κ1) is 21.8. The summed E-state index contributed by atoms with van der Waals surface area (Å²) in [5.41, 5.74) is 3.62. The predicted octanol–water partition coefficient (Wildman–Crippen LogP) is 2.26. The Morgan fingerprint density at radius 3 is 2.12 bits per heavy atom. The number of aliphatic hydroxyl groups is 1. The summed E-state index contributed by atoms with van der Waals surface area (Å²) in [6.07, 6.45) is 1.24. The molecule has 2 aliphatic rings. The van der Waals surface area contributed by atoms with E-state index in [9.17, 15) is 14.4 Å². The molecule has 0 heterocycles. The Kier molecular flexibility index (Phi) is 6.14. The molecule has 1 fully saturated rings. The highest BCUT2D eigenvalue weighted by molar-refractivity contribution is 5.88. The maximum Gasteiger partial charge on any atom is 0.407 e. The molecule has 4 rings (SSSR count). The molecule has 0 radical (unpaired) electrons. The van der Waals surface area contributed by atoms with Gasteiger partial charge in [0.15, 0.2) is 0 Å². The number of carbonyl (C=O) groups excluding carboxylic acids is 2. The van der Waals surface area contributed by atoms with Crippen LogP contribution >= 0.6 is 0 Å². The van der Waals surface area contributed by atoms with E-state index >= 15 is 0 Å². The lowest BCUT2D eigenvalue weighted by Crippen LogP contribution is -2.56. The van der Waals surface area contributed by atoms with Crippen molar-refractivity contribution in [1.82, 2.24) is 10.6 Å². The Balaban J connectivity index is 1.35. The minimum absolute atomic E-state index is 0.0489. The van der Waals surface area contributed by atoms with Crippen molar-refractivity contribution in [3.05, 3.63) is 59.7 Å². The number of rotatable bonds is 8. The third-order valence-corrected chi connectivity index (χ3v) is 6.49. The standard InChI is InChI=1S/C24H26N2O6/c27-12-20(21(28)29)26-22(30)24(10-5-11-24)14-25-23(31)32-13-19-17-8-3-1-6-15(17)16-7-2-4-9-18(16)19/h1-4,6-9,19-20,27H,5,10-14H2,(H,25,31)(H,26,30)(H,28,29)/t20-/m1/s1. The van der Waals surface area contributed by atoms with Crippen molar-refractivity contribution < 1.29 is 29.3 Å². The van der Waals surface area contributed by atoms with E-state index < -0.39 is 36.0 Å². The molecule has 2 aliphatic carbocycles. The van der Waals surface area contributed by atoms with E-state index in [2.05, 4.69) is 22.8 Å². The second kappa shape index (κ2) is 9.00. The van der Waals surface area contributed by atoms with Gasteiger partial charge < -0.3 is 25.6 Å². The van der Waals surface area contributed by atoms with Crippen molar-refractivity contribution in [3.8, 4) is 11.1 Å². The van der Waals surface area contributed by atoms with Gasteiger partial charge in [0.05, 0.1) is 12.0 Å². The Morgan fingerprint density at radius 1 is 1.03 bits per heavy atom. The minimum atomic E-state index is -1.37. The molecule has 1 saturated carbocycles. The van der Waals surface area contributed by atoms with Crippen LogP contribution in [0, 0.1) is 5.41 Å². The number of amides is 2. The van der Waals surface area contributed by atoms with Crippen LogP contribution in [-0.2, 0) is 14.3 Å². The van der Waals surface area contributed by atoms with Gasteiger partial charge in [-0.25, -0.2) is 9.59 Å². The third-order valence-electron chi connectivity index (χ3n) is 6.49. The highest BCUT2D eigenvalue weighted by Crippen LogP contribution is 2.44. The van der Waals surface area contributed by atoms with Crippen molar-refractivity contribution in [2.24, 2.45) is 5.41 Å². The smallest absolute Gasteiger partial charge is 0.407 e. The van der Waals surface area contributed by atoms with Crippen molar-refractivity contribution in [3.63, 3.8) is 0 Å². The number of aliphatic carboxylic acids is 1. The van der Waals surface area contributed by atoms with E-state index in [1.807, 2.05) is 36.4 Å². The molecular formula is C24H26N2O6. The first-order chi connectivity index (χ1) is 15.4. The van der Waals surface area contributed by atoms with Crippen LogP contribution in [0.15, 0.2) is 48.5 Å². The van der Waals surface area contributed by atoms with Gasteiger partial charge >= 0.3 is 12.1 Å². The fraction of sp³-hybridized carbons (Fsp3) is 0.375. The SMILES string of the molecule is O=C(NCC1(C(=O)N[C@H](CO)C(=O)O)CCC1)OCC1c2ccccc2-c2ccccc21. The number of aliphatic hydroxyl groups excluding tert-OH is 1. The van der Waals surface area contributed by atoms with E-state index in [0.29, 0.717) is 12.8 Å². The van der Waals surface area contributed by atoms with E-state index in [-0.39, 0.29) is 19.1 Å². The van der Waals surface area contributed by atoms with Crippen LogP contribution in [0.3, 0.4) is 0 Å². The number of nitrogens with one attached hydrogen (secondary N) is 2. The Morgan fingerprint density at radius 2 is 1.62 bits per heavy atom. The molecule has 8 nitrogen and oxygen atoms in total. The minimum Gasteiger partial charge on any atom is -0.480 e. The number of alkyl carbamates (subject to hydrolysis) is 1. The fourth-order valence-corrected chi connectivity index (χ4v) is 4.48. The van der Waals surface area contributed by atoms with Crippen molar-refractivity contribution >= 4 is 18.0 Å². The van der Waals surface area contributed by atoms with Gasteiger partial charge in [-0.1, -0.05) is 55.0 Å². The monoisotopic (exact) mass is 438 g/mol. The molecule has 8 heteroatoms. The normalized spacial score (nSPS) is 16.8. The fourth-order valence-electron chi connectivity index (χ4n) is 4.48. The molecule has 168 valence electrons. The summed E-state index contributed by atoms with van der Waals surface area (Å²) in [5, 5.41) is 23.2. The summed E-state index contributed by atoms with van der Waals surface area (Å²) in [4.78, 5) is 36.1. The van der Waals surface area contributed by atoms with Crippen LogP contribution < -0.4 is 10.6 Å². The maximum absolute atomic E-state index is 12.6. The van der Waals surface area contributed by atoms with Gasteiger partial charge in [-0.05, 0) is 35.1 Å². The average Bonchev–Trinajstić information content (AvgIpc) is 3.09. The zero-order valence-corrected chi connectivity index (χ0v) is 17.5. The molecule has 2 amide bonds. The van der Waals surface area contributed by atoms with Crippen LogP contribution in [0.25, 0.3) is 11.1 Å². The molecule has 0 spiro atoms. The molecule has 0 unspecified atom stereocenters. The van der Waals surface area contributed by atoms with E-state index in [1.165, 1.54) is 0 Å². The molecule has 4 N–H and O–H groups in total. The highest BCUT2D eigenvalue weighted by Gasteiger charge is 2.45. The molecule has 0 aromatic heterocycles. The number of fused-ring (bicyclic) bond motifs is 3. The van der Waals surface area contributed by atoms with Gasteiger partial charge in [-0.2, -0.15) is 0 Å². The summed E-state index contributed by atoms with van der Waals surface area (Å²) in [6.45, 7) is -0.477. The van der Waals surface area contributed by atoms with E-state index in [0.717, 1.165) is 28.7 Å². The third kappa shape index (κ3) is 4.05. The molecule has 0 saturated heterocycles. The van der Waals surface area contributed by atoms with Crippen molar-refractivity contribution in [2.45, 2.75) is 31.2 Å². The topological polar surface area (TPSA) is 125 Å². The average molecular weight is 438 g/mol. The number of benzene rings is 2. The van der Waals surface area contributed by atoms with Crippen molar-refractivity contribution in [2.75, 3.05) is 19.8 Å². The summed E-state index contributed by atoms with van der Waals surface area (Å²) in [5.74, 6) is -1.85. The van der Waals surface area contributed by atoms with Gasteiger partial charge in [-0.15, -0.1) is 0 Å². The number of ether oxygens (including phenoxy) is 1. The first-order valence-electron chi connectivity index (χ1n) is 10.7. The highest BCUT2D eigenvalue weighted by atomic mass is 16.5. The van der Waals surface area contributed by atoms with Gasteiger partial charge in [-0.3, -0.25) is 4.79 Å². The Hall–Kier alpha value is -3.39. The largest absolute Gasteiger partial charge is 0.480 e. The Labute approximate surface area is 185 Å². The number of hydrogen-bond donors (Lipinski definition) is 4. The Bertz CT molecular complexity index is 987. The lowest BCUT2D eigenvalue weighted by atomic mass is 9.68. The quantitative estimate of drug-likeness (QED) is 0.501. The second-order valence-corrected chi connectivity index (χ2v) is 8.36. The maximum atomic E-state index is 12.6. The van der Waals surface area contributed by atoms with Crippen LogP contribution in [-0.4, -0.2) is 54.0 Å². The summed E-state index contributed by atoms with van der Waals surface area (Å²) >= 11 is 0. The number of carboxylic acid groups (broad SMARTS) is 1. The molecular weight excluding hydrogens is 412 g/mol. The summed E-state index contributed by atoms with van der Waals surface area (Å²) < 4.78 is 5.51. The van der Waals surface area contributed by atoms with E-state index in [1.54, 1.807) is 0 Å². The summed E-state index contributed by atoms with van der Waals surface area (Å²) in [6, 6.07) is 14.7. The van der Waals surface area contributed by atoms with Crippen LogP contribution in [0.4, 0.5) is 4.79 Å². The van der Waals surface area contributed by atoms with Crippen molar-refractivity contribution in [1.29, 1.82) is 0 Å². The number of carbonyl (C=O) groups is 3. The van der Waals surface area contributed by atoms with Crippen LogP contribution in [0.1, 0.15) is 36.3 Å². The van der Waals surface area contributed by atoms with Crippen LogP contribution in [0.2, 0.25) is 0 Å². The lowest BCUT2D eigenvalue weighted by molar-refractivity contribution is -0.146. The number of hydrogen-bond acceptors (Lipinski definition) is 5.